The van der Waals surface area contributed by atoms with E-state index in [2.05, 4.69) is 4.40 Å². The van der Waals surface area contributed by atoms with E-state index in [1.54, 1.807) is 36.1 Å². The van der Waals surface area contributed by atoms with Crippen LogP contribution in [0.1, 0.15) is 29.5 Å². The summed E-state index contributed by atoms with van der Waals surface area (Å²) in [6, 6.07) is 12.4. The fourth-order valence-electron chi connectivity index (χ4n) is 3.66. The third-order valence-corrected chi connectivity index (χ3v) is 6.46. The first-order chi connectivity index (χ1) is 13.5. The number of amidine groups is 1. The summed E-state index contributed by atoms with van der Waals surface area (Å²) in [5.74, 6) is 0.646. The van der Waals surface area contributed by atoms with Crippen LogP contribution in [0.3, 0.4) is 0 Å². The van der Waals surface area contributed by atoms with Gasteiger partial charge >= 0.3 is 0 Å². The molecule has 1 aromatic carbocycles. The molecule has 1 fully saturated rings. The van der Waals surface area contributed by atoms with Gasteiger partial charge in [0.15, 0.2) is 5.76 Å². The lowest BCUT2D eigenvalue weighted by Crippen LogP contribution is -2.37. The minimum Gasteiger partial charge on any atom is -0.459 e. The molecule has 2 aliphatic heterocycles. The van der Waals surface area contributed by atoms with Crippen molar-refractivity contribution in [1.82, 2.24) is 9.80 Å². The van der Waals surface area contributed by atoms with Crippen LogP contribution in [0.25, 0.3) is 4.91 Å². The molecule has 0 bridgehead atoms. The highest BCUT2D eigenvalue weighted by Gasteiger charge is 2.34. The van der Waals surface area contributed by atoms with Crippen LogP contribution in [-0.4, -0.2) is 56.1 Å². The van der Waals surface area contributed by atoms with Crippen LogP contribution in [0.4, 0.5) is 0 Å². The minimum atomic E-state index is -3.73. The second-order valence-corrected chi connectivity index (χ2v) is 8.36. The molecule has 0 radical (unpaired) electrons. The Balaban J connectivity index is 1.56. The molecule has 4 rings (SSSR count). The van der Waals surface area contributed by atoms with Gasteiger partial charge < -0.3 is 14.2 Å². The first-order valence-corrected chi connectivity index (χ1v) is 10.6. The molecule has 0 unspecified atom stereocenters. The van der Waals surface area contributed by atoms with Gasteiger partial charge in [-0.2, -0.15) is 8.42 Å². The molecule has 0 spiro atoms. The lowest BCUT2D eigenvalue weighted by Gasteiger charge is -2.23. The van der Waals surface area contributed by atoms with Crippen molar-refractivity contribution in [1.29, 1.82) is 0 Å². The molecule has 28 heavy (non-hydrogen) atoms. The number of carbonyl (C=O) groups excluding carboxylic acids is 1. The van der Waals surface area contributed by atoms with E-state index >= 15 is 0 Å². The molecule has 2 aliphatic rings. The maximum absolute atomic E-state index is 12.7. The maximum atomic E-state index is 12.7. The van der Waals surface area contributed by atoms with Crippen molar-refractivity contribution in [2.45, 2.75) is 13.3 Å². The number of benzene rings is 1. The second-order valence-electron chi connectivity index (χ2n) is 6.82. The van der Waals surface area contributed by atoms with Crippen molar-refractivity contribution in [2.75, 3.05) is 26.2 Å². The standard InChI is InChI=1S/C20H21N3O4S/c1-15-18(16-7-3-2-4-8-16)28(25,26)21-19(15)22-10-6-11-23(13-12-22)20(24)17-9-5-14-27-17/h2-5,7-9,14H,6,10-13H2,1H3. The fourth-order valence-corrected chi connectivity index (χ4v) is 5.14. The normalized spacial score (nSPS) is 19.5. The average molecular weight is 399 g/mol. The van der Waals surface area contributed by atoms with Gasteiger partial charge in [0, 0.05) is 31.8 Å². The molecular weight excluding hydrogens is 378 g/mol. The summed E-state index contributed by atoms with van der Waals surface area (Å²) in [6.07, 6.45) is 2.20. The molecule has 0 atom stereocenters. The Kier molecular flexibility index (Phi) is 4.80. The summed E-state index contributed by atoms with van der Waals surface area (Å²) in [4.78, 5) is 16.5. The molecular formula is C20H21N3O4S. The third kappa shape index (κ3) is 3.35. The molecule has 0 N–H and O–H groups in total. The first-order valence-electron chi connectivity index (χ1n) is 9.17. The number of amides is 1. The lowest BCUT2D eigenvalue weighted by molar-refractivity contribution is 0.0732. The van der Waals surface area contributed by atoms with Crippen LogP contribution in [0.5, 0.6) is 0 Å². The highest BCUT2D eigenvalue weighted by atomic mass is 32.2. The molecule has 1 saturated heterocycles. The Bertz CT molecular complexity index is 1040. The van der Waals surface area contributed by atoms with Gasteiger partial charge in [-0.3, -0.25) is 4.79 Å². The fraction of sp³-hybridized carbons (Fsp3) is 0.300. The number of nitrogens with zero attached hydrogens (tertiary/aromatic N) is 3. The Labute approximate surface area is 164 Å². The molecule has 8 heteroatoms. The van der Waals surface area contributed by atoms with Gasteiger partial charge in [-0.25, -0.2) is 0 Å². The van der Waals surface area contributed by atoms with E-state index in [1.165, 1.54) is 6.26 Å². The average Bonchev–Trinajstić information content (AvgIpc) is 3.21. The number of rotatable bonds is 2. The van der Waals surface area contributed by atoms with E-state index < -0.39 is 10.0 Å². The van der Waals surface area contributed by atoms with Gasteiger partial charge in [0.05, 0.1) is 6.26 Å². The Morgan fingerprint density at radius 3 is 2.54 bits per heavy atom. The SMILES string of the molecule is CC1=C(c2ccccc2)S(=O)(=O)N=C1N1CCCN(C(=O)c2ccco2)CC1. The topological polar surface area (TPSA) is 83.2 Å². The van der Waals surface area contributed by atoms with Crippen LogP contribution in [0, 0.1) is 0 Å². The largest absolute Gasteiger partial charge is 0.459 e. The zero-order valence-electron chi connectivity index (χ0n) is 15.5. The summed E-state index contributed by atoms with van der Waals surface area (Å²) in [6.45, 7) is 4.01. The van der Waals surface area contributed by atoms with Crippen molar-refractivity contribution in [2.24, 2.45) is 4.40 Å². The predicted molar refractivity (Wildman–Crippen MR) is 106 cm³/mol. The maximum Gasteiger partial charge on any atom is 0.289 e. The second kappa shape index (κ2) is 7.27. The van der Waals surface area contributed by atoms with E-state index in [0.29, 0.717) is 48.9 Å². The number of hydrogen-bond acceptors (Lipinski definition) is 5. The van der Waals surface area contributed by atoms with Crippen LogP contribution >= 0.6 is 0 Å². The van der Waals surface area contributed by atoms with Crippen LogP contribution < -0.4 is 0 Å². The van der Waals surface area contributed by atoms with Crippen molar-refractivity contribution in [3.8, 4) is 0 Å². The van der Waals surface area contributed by atoms with E-state index in [9.17, 15) is 13.2 Å². The number of carbonyl (C=O) groups is 1. The zero-order chi connectivity index (χ0) is 19.7. The Hall–Kier alpha value is -2.87. The van der Waals surface area contributed by atoms with Gasteiger partial charge in [0.1, 0.15) is 10.7 Å². The van der Waals surface area contributed by atoms with E-state index in [0.717, 1.165) is 6.42 Å². The number of furan rings is 1. The van der Waals surface area contributed by atoms with Gasteiger partial charge in [-0.05, 0) is 31.0 Å². The summed E-state index contributed by atoms with van der Waals surface area (Å²) < 4.78 is 34.7. The van der Waals surface area contributed by atoms with E-state index in [-0.39, 0.29) is 10.8 Å². The minimum absolute atomic E-state index is 0.148. The molecule has 1 aromatic heterocycles. The molecule has 0 saturated carbocycles. The van der Waals surface area contributed by atoms with Crippen molar-refractivity contribution >= 4 is 26.7 Å². The zero-order valence-corrected chi connectivity index (χ0v) is 16.4. The van der Waals surface area contributed by atoms with Crippen LogP contribution in [0.15, 0.2) is 63.1 Å². The third-order valence-electron chi connectivity index (χ3n) is 4.99. The van der Waals surface area contributed by atoms with Crippen molar-refractivity contribution < 1.29 is 17.6 Å². The molecule has 3 heterocycles. The van der Waals surface area contributed by atoms with Crippen LogP contribution in [-0.2, 0) is 10.0 Å². The first kappa shape index (κ1) is 18.5. The summed E-state index contributed by atoms with van der Waals surface area (Å²) in [5, 5.41) is 0. The highest BCUT2D eigenvalue weighted by molar-refractivity contribution is 8.00. The number of sulfonamides is 1. The van der Waals surface area contributed by atoms with Gasteiger partial charge in [-0.15, -0.1) is 4.40 Å². The molecule has 7 nitrogen and oxygen atoms in total. The van der Waals surface area contributed by atoms with Gasteiger partial charge in [0.25, 0.3) is 15.9 Å². The summed E-state index contributed by atoms with van der Waals surface area (Å²) in [7, 11) is -3.73. The molecule has 0 aliphatic carbocycles. The molecule has 146 valence electrons. The van der Waals surface area contributed by atoms with Crippen molar-refractivity contribution in [3.63, 3.8) is 0 Å². The summed E-state index contributed by atoms with van der Waals surface area (Å²) >= 11 is 0. The van der Waals surface area contributed by atoms with E-state index in [1.807, 2.05) is 23.1 Å². The summed E-state index contributed by atoms with van der Waals surface area (Å²) in [5.41, 5.74) is 1.29. The quantitative estimate of drug-likeness (QED) is 0.775. The van der Waals surface area contributed by atoms with Crippen molar-refractivity contribution in [3.05, 3.63) is 65.6 Å². The predicted octanol–water partition coefficient (Wildman–Crippen LogP) is 2.60. The lowest BCUT2D eigenvalue weighted by atomic mass is 10.1. The van der Waals surface area contributed by atoms with Gasteiger partial charge in [0.2, 0.25) is 0 Å². The number of hydrogen-bond donors (Lipinski definition) is 0. The van der Waals surface area contributed by atoms with E-state index in [4.69, 9.17) is 4.42 Å². The molecule has 1 amide bonds. The molecule has 2 aromatic rings. The monoisotopic (exact) mass is 399 g/mol. The van der Waals surface area contributed by atoms with Crippen LogP contribution in [0.2, 0.25) is 0 Å². The Morgan fingerprint density at radius 1 is 1.04 bits per heavy atom. The smallest absolute Gasteiger partial charge is 0.289 e. The Morgan fingerprint density at radius 2 is 1.82 bits per heavy atom. The van der Waals surface area contributed by atoms with Gasteiger partial charge in [-0.1, -0.05) is 30.3 Å². The highest BCUT2D eigenvalue weighted by Crippen LogP contribution is 2.33.